The highest BCUT2D eigenvalue weighted by Gasteiger charge is 2.22. The molecule has 11 heteroatoms. The molecule has 0 bridgehead atoms. The molecule has 162 valence electrons. The molecule has 2 aromatic carbocycles. The van der Waals surface area contributed by atoms with Gasteiger partial charge in [-0.1, -0.05) is 29.3 Å². The van der Waals surface area contributed by atoms with E-state index in [0.717, 1.165) is 48.0 Å². The summed E-state index contributed by atoms with van der Waals surface area (Å²) in [5, 5.41) is 9.27. The maximum atomic E-state index is 14.8. The summed E-state index contributed by atoms with van der Waals surface area (Å²) in [6.45, 7) is 1.52. The molecule has 4 rings (SSSR count). The van der Waals surface area contributed by atoms with Gasteiger partial charge in [-0.2, -0.15) is 5.10 Å². The van der Waals surface area contributed by atoms with Crippen molar-refractivity contribution in [2.75, 3.05) is 19.3 Å². The summed E-state index contributed by atoms with van der Waals surface area (Å²) < 4.78 is 40.6. The molecule has 1 aliphatic heterocycles. The first-order chi connectivity index (χ1) is 14.6. The van der Waals surface area contributed by atoms with E-state index < -0.39 is 27.3 Å². The van der Waals surface area contributed by atoms with Gasteiger partial charge in [0.1, 0.15) is 5.82 Å². The Kier molecular flexibility index (Phi) is 5.78. The number of carbonyl (C=O) groups excluding carboxylic acids is 1. The van der Waals surface area contributed by atoms with Gasteiger partial charge in [0.2, 0.25) is 10.0 Å². The van der Waals surface area contributed by atoms with Gasteiger partial charge in [-0.25, -0.2) is 22.2 Å². The number of hydrogen-bond donors (Lipinski definition) is 2. The maximum Gasteiger partial charge on any atom is 0.267 e. The van der Waals surface area contributed by atoms with Crippen LogP contribution < -0.4 is 10.0 Å². The Labute approximate surface area is 187 Å². The summed E-state index contributed by atoms with van der Waals surface area (Å²) in [4.78, 5) is 12.1. The van der Waals surface area contributed by atoms with Crippen LogP contribution >= 0.6 is 23.2 Å². The Morgan fingerprint density at radius 2 is 2.03 bits per heavy atom. The van der Waals surface area contributed by atoms with Crippen LogP contribution in [0.25, 0.3) is 22.2 Å². The zero-order chi connectivity index (χ0) is 22.3. The van der Waals surface area contributed by atoms with Gasteiger partial charge in [0.05, 0.1) is 33.7 Å². The molecule has 0 radical (unpaired) electrons. The smallest absolute Gasteiger partial charge is 0.267 e. The minimum absolute atomic E-state index is 0.0326. The third kappa shape index (κ3) is 4.45. The zero-order valence-corrected chi connectivity index (χ0v) is 18.6. The topological polar surface area (TPSA) is 93.1 Å². The van der Waals surface area contributed by atoms with Gasteiger partial charge in [-0.3, -0.25) is 4.79 Å². The zero-order valence-electron chi connectivity index (χ0n) is 16.2. The fourth-order valence-corrected chi connectivity index (χ4v) is 4.31. The van der Waals surface area contributed by atoms with E-state index >= 15 is 0 Å². The first kappa shape index (κ1) is 21.8. The van der Waals surface area contributed by atoms with Crippen LogP contribution in [0.4, 0.5) is 4.39 Å². The van der Waals surface area contributed by atoms with Crippen molar-refractivity contribution in [1.82, 2.24) is 19.8 Å². The molecule has 0 unspecified atom stereocenters. The van der Waals surface area contributed by atoms with Crippen LogP contribution in [0.3, 0.4) is 0 Å². The quantitative estimate of drug-likeness (QED) is 0.593. The van der Waals surface area contributed by atoms with Crippen molar-refractivity contribution in [3.63, 3.8) is 0 Å². The molecule has 7 nitrogen and oxygen atoms in total. The first-order valence-corrected chi connectivity index (χ1v) is 11.9. The van der Waals surface area contributed by atoms with Crippen molar-refractivity contribution in [3.05, 3.63) is 63.5 Å². The molecule has 0 saturated carbocycles. The summed E-state index contributed by atoms with van der Waals surface area (Å²) in [6.07, 6.45) is 3.61. The van der Waals surface area contributed by atoms with Crippen molar-refractivity contribution in [2.24, 2.45) is 0 Å². The van der Waals surface area contributed by atoms with Gasteiger partial charge in [-0.15, -0.1) is 0 Å². The molecule has 2 heterocycles. The number of nitrogens with one attached hydrogen (secondary N) is 2. The lowest BCUT2D eigenvalue weighted by Crippen LogP contribution is -2.30. The monoisotopic (exact) mass is 482 g/mol. The number of rotatable bonds is 4. The normalized spacial score (nSPS) is 14.5. The summed E-state index contributed by atoms with van der Waals surface area (Å²) in [6, 6.07) is 7.38. The molecule has 2 N–H and O–H groups in total. The number of nitrogens with zero attached hydrogens (tertiary/aromatic N) is 2. The molecular weight excluding hydrogens is 466 g/mol. The lowest BCUT2D eigenvalue weighted by atomic mass is 10.0. The second-order valence-corrected chi connectivity index (χ2v) is 9.68. The number of fused-ring (bicyclic) bond motifs is 1. The van der Waals surface area contributed by atoms with Gasteiger partial charge in [0.25, 0.3) is 5.91 Å². The number of halogens is 3. The number of sulfonamides is 1. The van der Waals surface area contributed by atoms with Gasteiger partial charge in [0.15, 0.2) is 0 Å². The summed E-state index contributed by atoms with van der Waals surface area (Å²) in [7, 11) is -3.86. The Morgan fingerprint density at radius 3 is 2.71 bits per heavy atom. The summed E-state index contributed by atoms with van der Waals surface area (Å²) in [5.74, 6) is -2.04. The van der Waals surface area contributed by atoms with Crippen molar-refractivity contribution < 1.29 is 17.6 Å². The van der Waals surface area contributed by atoms with Gasteiger partial charge < -0.3 is 5.32 Å². The third-order valence-electron chi connectivity index (χ3n) is 4.80. The van der Waals surface area contributed by atoms with E-state index in [1.807, 2.05) is 6.08 Å². The Balaban J connectivity index is 1.87. The summed E-state index contributed by atoms with van der Waals surface area (Å²) >= 11 is 12.6. The average molecular weight is 483 g/mol. The number of carbonyl (C=O) groups is 1. The van der Waals surface area contributed by atoms with E-state index in [4.69, 9.17) is 23.2 Å². The fraction of sp³-hybridized carbons (Fsp3) is 0.200. The van der Waals surface area contributed by atoms with E-state index in [1.54, 1.807) is 22.9 Å². The average Bonchev–Trinajstić information content (AvgIpc) is 3.07. The predicted octanol–water partition coefficient (Wildman–Crippen LogP) is 3.54. The maximum absolute atomic E-state index is 14.8. The summed E-state index contributed by atoms with van der Waals surface area (Å²) in [5.41, 5.74) is 2.14. The minimum atomic E-state index is -3.86. The van der Waals surface area contributed by atoms with Gasteiger partial charge in [0, 0.05) is 23.0 Å². The van der Waals surface area contributed by atoms with Crippen molar-refractivity contribution >= 4 is 55.6 Å². The van der Waals surface area contributed by atoms with E-state index in [1.165, 1.54) is 4.68 Å². The van der Waals surface area contributed by atoms with Gasteiger partial charge in [-0.05, 0) is 42.8 Å². The molecule has 0 fully saturated rings. The molecular formula is C20H17Cl2FN4O3S. The lowest BCUT2D eigenvalue weighted by molar-refractivity contribution is 0.0978. The van der Waals surface area contributed by atoms with E-state index in [2.05, 4.69) is 10.4 Å². The lowest BCUT2D eigenvalue weighted by Gasteiger charge is -2.12. The molecule has 0 atom stereocenters. The second-order valence-electron chi connectivity index (χ2n) is 7.09. The van der Waals surface area contributed by atoms with E-state index in [9.17, 15) is 17.6 Å². The Morgan fingerprint density at radius 1 is 1.26 bits per heavy atom. The highest BCUT2D eigenvalue weighted by atomic mass is 35.5. The molecule has 1 aromatic heterocycles. The molecule has 31 heavy (non-hydrogen) atoms. The number of aromatic nitrogens is 2. The SMILES string of the molecule is CS(=O)(=O)NC(=O)c1cc(Cl)c(-n2nc(C3=CCNCC3)c3cc(Cl)ccc32)cc1F. The van der Waals surface area contributed by atoms with E-state index in [0.29, 0.717) is 17.1 Å². The first-order valence-electron chi connectivity index (χ1n) is 9.24. The fourth-order valence-electron chi connectivity index (χ4n) is 3.44. The van der Waals surface area contributed by atoms with Gasteiger partial charge >= 0.3 is 0 Å². The Bertz CT molecular complexity index is 1350. The van der Waals surface area contributed by atoms with Crippen LogP contribution in [0.1, 0.15) is 22.5 Å². The van der Waals surface area contributed by atoms with E-state index in [-0.39, 0.29) is 10.7 Å². The predicted molar refractivity (Wildman–Crippen MR) is 119 cm³/mol. The van der Waals surface area contributed by atoms with Crippen LogP contribution in [0.2, 0.25) is 10.0 Å². The standard InChI is InChI=1S/C20H17Cl2FN4O3S/c1-31(29,30)26-20(28)13-9-15(22)18(10-16(13)23)27-17-3-2-12(21)8-14(17)19(25-27)11-4-6-24-7-5-11/h2-4,8-10,24H,5-7H2,1H3,(H,26,28). The third-order valence-corrected chi connectivity index (χ3v) is 5.89. The molecule has 0 saturated heterocycles. The number of hydrogen-bond acceptors (Lipinski definition) is 5. The molecule has 1 amide bonds. The highest BCUT2D eigenvalue weighted by molar-refractivity contribution is 7.89. The highest BCUT2D eigenvalue weighted by Crippen LogP contribution is 2.33. The van der Waals surface area contributed by atoms with Crippen LogP contribution in [0, 0.1) is 5.82 Å². The van der Waals surface area contributed by atoms with Crippen molar-refractivity contribution in [2.45, 2.75) is 6.42 Å². The van der Waals surface area contributed by atoms with Crippen LogP contribution in [0.5, 0.6) is 0 Å². The Hall–Kier alpha value is -2.46. The van der Waals surface area contributed by atoms with Crippen LogP contribution in [-0.2, 0) is 10.0 Å². The van der Waals surface area contributed by atoms with Crippen LogP contribution in [-0.4, -0.2) is 43.5 Å². The van der Waals surface area contributed by atoms with Crippen molar-refractivity contribution in [1.29, 1.82) is 0 Å². The molecule has 0 spiro atoms. The molecule has 1 aliphatic rings. The minimum Gasteiger partial charge on any atom is -0.313 e. The van der Waals surface area contributed by atoms with Crippen molar-refractivity contribution in [3.8, 4) is 5.69 Å². The largest absolute Gasteiger partial charge is 0.313 e. The number of benzene rings is 2. The second kappa shape index (κ2) is 8.23. The molecule has 0 aliphatic carbocycles. The number of amides is 1. The van der Waals surface area contributed by atoms with Crippen LogP contribution in [0.15, 0.2) is 36.4 Å². The molecule has 3 aromatic rings.